The number of hydrogen-bond acceptors (Lipinski definition) is 1. The van der Waals surface area contributed by atoms with Crippen LogP contribution in [0, 0.1) is 0 Å². The molecule has 50 heavy (non-hydrogen) atoms. The second-order valence-corrected chi connectivity index (χ2v) is 13.7. The summed E-state index contributed by atoms with van der Waals surface area (Å²) in [7, 11) is 0. The molecule has 2 heteroatoms. The van der Waals surface area contributed by atoms with Gasteiger partial charge in [0.05, 0.1) is 22.2 Å². The van der Waals surface area contributed by atoms with Crippen LogP contribution in [-0.4, -0.2) is 4.40 Å². The van der Waals surface area contributed by atoms with Crippen LogP contribution in [0.5, 0.6) is 0 Å². The molecule has 0 amide bonds. The first-order valence-electron chi connectivity index (χ1n) is 17.5. The van der Waals surface area contributed by atoms with Gasteiger partial charge in [-0.15, -0.1) is 0 Å². The standard InChI is InChI=1S/C48H32N2/c1-30-12-10-11-25-49(33-22-23-38-36-15-3-2-13-34(36)35-14-4-5-16-37(35)42(38)29-33)45-24-21-31(26-41(30)45)32-27-43-39-17-6-8-19-46(39)50-47-20-9-7-18-40(47)44(28-32)48(43)50/h2-21,24-29H,1,22-23H2/b12-10-,25-11-. The van der Waals surface area contributed by atoms with Gasteiger partial charge in [-0.05, 0) is 111 Å². The van der Waals surface area contributed by atoms with Crippen molar-refractivity contribution in [2.45, 2.75) is 12.8 Å². The van der Waals surface area contributed by atoms with Crippen LogP contribution in [0.25, 0.3) is 82.4 Å². The van der Waals surface area contributed by atoms with Gasteiger partial charge in [0.25, 0.3) is 0 Å². The molecule has 11 rings (SSSR count). The summed E-state index contributed by atoms with van der Waals surface area (Å²) in [6.45, 7) is 4.57. The molecule has 7 aromatic carbocycles. The van der Waals surface area contributed by atoms with Crippen LogP contribution < -0.4 is 4.90 Å². The molecule has 0 radical (unpaired) electrons. The lowest BCUT2D eigenvalue weighted by Crippen LogP contribution is -2.20. The molecular formula is C48H32N2. The molecular weight excluding hydrogens is 605 g/mol. The predicted molar refractivity (Wildman–Crippen MR) is 214 cm³/mol. The van der Waals surface area contributed by atoms with E-state index in [1.165, 1.54) is 87.6 Å². The average molecular weight is 637 g/mol. The molecule has 2 aromatic heterocycles. The van der Waals surface area contributed by atoms with Gasteiger partial charge in [-0.3, -0.25) is 0 Å². The molecule has 0 atom stereocenters. The first kappa shape index (κ1) is 27.6. The van der Waals surface area contributed by atoms with E-state index in [4.69, 9.17) is 0 Å². The molecule has 0 N–H and O–H groups in total. The van der Waals surface area contributed by atoms with Crippen LogP contribution in [0.2, 0.25) is 0 Å². The minimum absolute atomic E-state index is 0.959. The quantitative estimate of drug-likeness (QED) is 0.171. The Morgan fingerprint density at radius 3 is 1.86 bits per heavy atom. The van der Waals surface area contributed by atoms with E-state index in [0.717, 1.165) is 29.7 Å². The summed E-state index contributed by atoms with van der Waals surface area (Å²) in [6.07, 6.45) is 13.0. The topological polar surface area (TPSA) is 7.65 Å². The molecule has 0 saturated heterocycles. The van der Waals surface area contributed by atoms with E-state index in [1.54, 1.807) is 0 Å². The van der Waals surface area contributed by atoms with Gasteiger partial charge < -0.3 is 9.30 Å². The lowest BCUT2D eigenvalue weighted by atomic mass is 9.85. The Labute approximate surface area is 290 Å². The summed E-state index contributed by atoms with van der Waals surface area (Å²) in [5, 5.41) is 10.5. The Balaban J connectivity index is 1.10. The van der Waals surface area contributed by atoms with Gasteiger partial charge in [0.1, 0.15) is 0 Å². The van der Waals surface area contributed by atoms with Crippen LogP contribution in [0.1, 0.15) is 23.1 Å². The molecule has 1 aliphatic heterocycles. The highest BCUT2D eigenvalue weighted by Crippen LogP contribution is 2.44. The van der Waals surface area contributed by atoms with E-state index < -0.39 is 0 Å². The molecule has 0 fully saturated rings. The highest BCUT2D eigenvalue weighted by atomic mass is 15.1. The molecule has 2 nitrogen and oxygen atoms in total. The third kappa shape index (κ3) is 3.79. The molecule has 0 saturated carbocycles. The Morgan fingerprint density at radius 2 is 1.14 bits per heavy atom. The first-order valence-corrected chi connectivity index (χ1v) is 17.5. The second-order valence-electron chi connectivity index (χ2n) is 13.7. The van der Waals surface area contributed by atoms with Crippen molar-refractivity contribution < 1.29 is 0 Å². The minimum Gasteiger partial charge on any atom is -0.320 e. The molecule has 1 aliphatic carbocycles. The van der Waals surface area contributed by atoms with Crippen LogP contribution in [0.4, 0.5) is 5.69 Å². The summed E-state index contributed by atoms with van der Waals surface area (Å²) >= 11 is 0. The van der Waals surface area contributed by atoms with E-state index in [-0.39, 0.29) is 0 Å². The largest absolute Gasteiger partial charge is 0.320 e. The number of allylic oxidation sites excluding steroid dienone is 5. The Hall–Kier alpha value is -6.38. The number of anilines is 1. The van der Waals surface area contributed by atoms with Crippen molar-refractivity contribution in [1.29, 1.82) is 0 Å². The monoisotopic (exact) mass is 636 g/mol. The van der Waals surface area contributed by atoms with Crippen molar-refractivity contribution in [1.82, 2.24) is 4.40 Å². The van der Waals surface area contributed by atoms with E-state index >= 15 is 0 Å². The molecule has 0 unspecified atom stereocenters. The van der Waals surface area contributed by atoms with Crippen molar-refractivity contribution in [2.24, 2.45) is 0 Å². The second kappa shape index (κ2) is 10.3. The summed E-state index contributed by atoms with van der Waals surface area (Å²) in [5.41, 5.74) is 13.6. The van der Waals surface area contributed by atoms with Crippen LogP contribution in [0.15, 0.2) is 164 Å². The maximum absolute atomic E-state index is 4.57. The van der Waals surface area contributed by atoms with Gasteiger partial charge in [-0.25, -0.2) is 0 Å². The number of rotatable bonds is 2. The third-order valence-corrected chi connectivity index (χ3v) is 11.1. The summed E-state index contributed by atoms with van der Waals surface area (Å²) in [6, 6.07) is 47.1. The smallest absolute Gasteiger partial charge is 0.0620 e. The number of fused-ring (bicyclic) bond motifs is 13. The van der Waals surface area contributed by atoms with Crippen molar-refractivity contribution in [3.05, 3.63) is 181 Å². The zero-order valence-electron chi connectivity index (χ0n) is 27.5. The highest BCUT2D eigenvalue weighted by Gasteiger charge is 2.24. The fourth-order valence-electron chi connectivity index (χ4n) is 8.88. The fraction of sp³-hybridized carbons (Fsp3) is 0.0417. The molecule has 3 heterocycles. The minimum atomic E-state index is 0.959. The first-order chi connectivity index (χ1) is 24.7. The van der Waals surface area contributed by atoms with Gasteiger partial charge in [-0.2, -0.15) is 0 Å². The SMILES string of the molecule is C=C1/C=C\C=C/N(C2=Cc3c(c4ccccc4c4ccccc34)CC2)c2ccc(-c3cc4c5ccccc5n5c6ccccc6c(c3)c45)cc21. The van der Waals surface area contributed by atoms with Crippen LogP contribution in [-0.2, 0) is 6.42 Å². The number of aromatic nitrogens is 1. The van der Waals surface area contributed by atoms with E-state index in [1.807, 2.05) is 0 Å². The lowest BCUT2D eigenvalue weighted by Gasteiger charge is -2.31. The van der Waals surface area contributed by atoms with Crippen molar-refractivity contribution in [2.75, 3.05) is 4.90 Å². The van der Waals surface area contributed by atoms with Crippen molar-refractivity contribution >= 4 is 77.0 Å². The van der Waals surface area contributed by atoms with Crippen molar-refractivity contribution in [3.63, 3.8) is 0 Å². The number of hydrogen-bond donors (Lipinski definition) is 0. The Kier molecular flexibility index (Phi) is 5.68. The maximum atomic E-state index is 4.57. The lowest BCUT2D eigenvalue weighted by molar-refractivity contribution is 0.899. The molecule has 0 spiro atoms. The number of aryl methyl sites for hydroxylation is 1. The summed E-state index contributed by atoms with van der Waals surface area (Å²) in [5.74, 6) is 0. The fourth-order valence-corrected chi connectivity index (χ4v) is 8.88. The Morgan fingerprint density at radius 1 is 0.520 bits per heavy atom. The third-order valence-electron chi connectivity index (χ3n) is 11.1. The Bertz CT molecular complexity index is 2920. The van der Waals surface area contributed by atoms with Gasteiger partial charge in [-0.1, -0.05) is 110 Å². The molecule has 0 bridgehead atoms. The maximum Gasteiger partial charge on any atom is 0.0620 e. The number of para-hydroxylation sites is 2. The van der Waals surface area contributed by atoms with Crippen molar-refractivity contribution in [3.8, 4) is 11.1 Å². The average Bonchev–Trinajstić information content (AvgIpc) is 3.69. The molecule has 234 valence electrons. The van der Waals surface area contributed by atoms with Crippen LogP contribution in [0.3, 0.4) is 0 Å². The highest BCUT2D eigenvalue weighted by molar-refractivity contribution is 6.24. The zero-order valence-corrected chi connectivity index (χ0v) is 27.5. The molecule has 2 aliphatic rings. The molecule has 9 aromatic rings. The number of nitrogens with zero attached hydrogens (tertiary/aromatic N) is 2. The van der Waals surface area contributed by atoms with Gasteiger partial charge >= 0.3 is 0 Å². The normalized spacial score (nSPS) is 15.9. The summed E-state index contributed by atoms with van der Waals surface area (Å²) < 4.78 is 2.44. The van der Waals surface area contributed by atoms with E-state index in [0.29, 0.717) is 0 Å². The summed E-state index contributed by atoms with van der Waals surface area (Å²) in [4.78, 5) is 2.40. The number of benzene rings is 7. The van der Waals surface area contributed by atoms with Gasteiger partial charge in [0.2, 0.25) is 0 Å². The van der Waals surface area contributed by atoms with E-state index in [9.17, 15) is 0 Å². The van der Waals surface area contributed by atoms with Crippen LogP contribution >= 0.6 is 0 Å². The zero-order chi connectivity index (χ0) is 32.9. The van der Waals surface area contributed by atoms with Gasteiger partial charge in [0, 0.05) is 39.0 Å². The van der Waals surface area contributed by atoms with E-state index in [2.05, 4.69) is 174 Å². The predicted octanol–water partition coefficient (Wildman–Crippen LogP) is 12.7. The van der Waals surface area contributed by atoms with Gasteiger partial charge in [0.15, 0.2) is 0 Å².